The minimum atomic E-state index is -0.447. The first-order valence-electron chi connectivity index (χ1n) is 7.56. The van der Waals surface area contributed by atoms with E-state index in [1.54, 1.807) is 6.26 Å². The van der Waals surface area contributed by atoms with Crippen LogP contribution in [0.4, 0.5) is 4.79 Å². The van der Waals surface area contributed by atoms with Crippen LogP contribution in [0.15, 0.2) is 10.8 Å². The molecule has 0 fully saturated rings. The van der Waals surface area contributed by atoms with E-state index >= 15 is 0 Å². The van der Waals surface area contributed by atoms with Gasteiger partial charge in [-0.3, -0.25) is 0 Å². The number of ether oxygens (including phenoxy) is 4. The van der Waals surface area contributed by atoms with Crippen molar-refractivity contribution in [3.8, 4) is 17.8 Å². The highest BCUT2D eigenvalue weighted by atomic mass is 32.1. The van der Waals surface area contributed by atoms with Gasteiger partial charge in [0.25, 0.3) is 6.26 Å². The summed E-state index contributed by atoms with van der Waals surface area (Å²) in [5.74, 6) is 1.45. The summed E-state index contributed by atoms with van der Waals surface area (Å²) in [5, 5.41) is 14.6. The lowest BCUT2D eigenvalue weighted by atomic mass is 10.2. The number of nitrogens with zero attached hydrogens (tertiary/aromatic N) is 1. The fourth-order valence-corrected chi connectivity index (χ4v) is 2.72. The number of fused-ring (bicyclic) bond motifs is 1. The molecule has 8 heteroatoms. The molecule has 0 saturated carbocycles. The van der Waals surface area contributed by atoms with Gasteiger partial charge >= 0.3 is 6.09 Å². The highest BCUT2D eigenvalue weighted by Crippen LogP contribution is 2.35. The van der Waals surface area contributed by atoms with E-state index in [1.165, 1.54) is 11.3 Å². The Balaban J connectivity index is 1.47. The first kappa shape index (κ1) is 17.2. The second-order valence-electron chi connectivity index (χ2n) is 5.03. The Labute approximate surface area is 139 Å². The van der Waals surface area contributed by atoms with Gasteiger partial charge in [-0.1, -0.05) is 6.42 Å². The molecule has 126 valence electrons. The summed E-state index contributed by atoms with van der Waals surface area (Å²) < 4.78 is 20.9. The number of nitriles is 1. The van der Waals surface area contributed by atoms with E-state index in [0.29, 0.717) is 25.5 Å². The number of thiophene rings is 1. The van der Waals surface area contributed by atoms with Crippen molar-refractivity contribution in [2.45, 2.75) is 31.8 Å². The van der Waals surface area contributed by atoms with Crippen LogP contribution in [0.1, 0.15) is 25.7 Å². The second-order valence-corrected chi connectivity index (χ2v) is 5.77. The molecule has 1 N–H and O–H groups in total. The minimum Gasteiger partial charge on any atom is -0.485 e. The van der Waals surface area contributed by atoms with E-state index in [9.17, 15) is 4.79 Å². The summed E-state index contributed by atoms with van der Waals surface area (Å²) >= 11 is 1.51. The zero-order valence-electron chi connectivity index (χ0n) is 12.8. The number of nitrogens with one attached hydrogen (secondary N) is 1. The molecule has 1 aromatic rings. The molecule has 1 aliphatic rings. The monoisotopic (exact) mass is 340 g/mol. The van der Waals surface area contributed by atoms with Crippen molar-refractivity contribution < 1.29 is 23.7 Å². The van der Waals surface area contributed by atoms with Crippen LogP contribution in [0.2, 0.25) is 0 Å². The van der Waals surface area contributed by atoms with Gasteiger partial charge < -0.3 is 24.3 Å². The van der Waals surface area contributed by atoms with Gasteiger partial charge in [0.05, 0.1) is 0 Å². The van der Waals surface area contributed by atoms with Crippen molar-refractivity contribution in [3.05, 3.63) is 10.8 Å². The molecule has 2 heterocycles. The Morgan fingerprint density at radius 2 is 2.17 bits per heavy atom. The Kier molecular flexibility index (Phi) is 7.33. The smallest absolute Gasteiger partial charge is 0.407 e. The van der Waals surface area contributed by atoms with E-state index in [0.717, 1.165) is 31.4 Å². The Morgan fingerprint density at radius 1 is 1.35 bits per heavy atom. The summed E-state index contributed by atoms with van der Waals surface area (Å²) in [6.07, 6.45) is 4.56. The molecule has 1 atom stereocenters. The molecule has 1 amide bonds. The fraction of sp³-hybridized carbons (Fsp3) is 0.600. The van der Waals surface area contributed by atoms with Gasteiger partial charge in [-0.15, -0.1) is 11.3 Å². The SMILES string of the molecule is N#COCCCCCCNC(=O)OCC1COc2cscc2O1. The van der Waals surface area contributed by atoms with E-state index in [1.807, 2.05) is 10.8 Å². The van der Waals surface area contributed by atoms with Crippen molar-refractivity contribution in [2.24, 2.45) is 0 Å². The maximum Gasteiger partial charge on any atom is 0.407 e. The molecule has 0 aromatic carbocycles. The molecule has 1 aromatic heterocycles. The van der Waals surface area contributed by atoms with Crippen LogP contribution in [0.3, 0.4) is 0 Å². The molecule has 7 nitrogen and oxygen atoms in total. The molecule has 1 aliphatic heterocycles. The topological polar surface area (TPSA) is 89.8 Å². The normalized spacial score (nSPS) is 15.5. The Bertz CT molecular complexity index is 528. The third-order valence-corrected chi connectivity index (χ3v) is 3.92. The molecule has 0 spiro atoms. The Morgan fingerprint density at radius 3 is 3.04 bits per heavy atom. The van der Waals surface area contributed by atoms with Crippen LogP contribution in [0, 0.1) is 11.5 Å². The molecule has 0 radical (unpaired) electrons. The van der Waals surface area contributed by atoms with E-state index < -0.39 is 6.09 Å². The van der Waals surface area contributed by atoms with Crippen LogP contribution in [-0.2, 0) is 9.47 Å². The van der Waals surface area contributed by atoms with E-state index in [2.05, 4.69) is 10.1 Å². The van der Waals surface area contributed by atoms with Crippen LogP contribution in [0.5, 0.6) is 11.5 Å². The van der Waals surface area contributed by atoms with Crippen LogP contribution < -0.4 is 14.8 Å². The van der Waals surface area contributed by atoms with Crippen LogP contribution >= 0.6 is 11.3 Å². The number of rotatable bonds is 9. The molecule has 1 unspecified atom stereocenters. The van der Waals surface area contributed by atoms with Crippen molar-refractivity contribution in [3.63, 3.8) is 0 Å². The molecule has 2 rings (SSSR count). The number of carbonyl (C=O) groups is 1. The standard InChI is InChI=1S/C15H20N2O5S/c16-11-19-6-4-2-1-3-5-17-15(18)21-8-12-7-20-13-9-23-10-14(13)22-12/h9-10,12H,1-8H2,(H,17,18). The lowest BCUT2D eigenvalue weighted by molar-refractivity contribution is 0.0343. The zero-order valence-corrected chi connectivity index (χ0v) is 13.6. The molecular formula is C15H20N2O5S. The predicted octanol–water partition coefficient (Wildman–Crippen LogP) is 2.67. The molecule has 0 aliphatic carbocycles. The van der Waals surface area contributed by atoms with E-state index in [4.69, 9.17) is 19.5 Å². The molecular weight excluding hydrogens is 320 g/mol. The quantitative estimate of drug-likeness (QED) is 0.549. The summed E-state index contributed by atoms with van der Waals surface area (Å²) in [6, 6.07) is 0. The fourth-order valence-electron chi connectivity index (χ4n) is 2.05. The van der Waals surface area contributed by atoms with Gasteiger partial charge in [0.2, 0.25) is 0 Å². The van der Waals surface area contributed by atoms with Gasteiger partial charge in [-0.2, -0.15) is 5.26 Å². The lowest BCUT2D eigenvalue weighted by Gasteiger charge is -2.24. The first-order chi connectivity index (χ1) is 11.3. The van der Waals surface area contributed by atoms with Crippen LogP contribution in [0.25, 0.3) is 0 Å². The van der Waals surface area contributed by atoms with Crippen molar-refractivity contribution in [1.29, 1.82) is 5.26 Å². The highest BCUT2D eigenvalue weighted by molar-refractivity contribution is 7.08. The summed E-state index contributed by atoms with van der Waals surface area (Å²) in [5.41, 5.74) is 0. The van der Waals surface area contributed by atoms with Crippen LogP contribution in [-0.4, -0.2) is 38.6 Å². The number of hydrogen-bond donors (Lipinski definition) is 1. The largest absolute Gasteiger partial charge is 0.485 e. The summed E-state index contributed by atoms with van der Waals surface area (Å²) in [4.78, 5) is 11.6. The van der Waals surface area contributed by atoms with Gasteiger partial charge in [0, 0.05) is 17.3 Å². The molecule has 0 saturated heterocycles. The lowest BCUT2D eigenvalue weighted by Crippen LogP contribution is -2.36. The minimum absolute atomic E-state index is 0.159. The average Bonchev–Trinajstić information content (AvgIpc) is 3.03. The van der Waals surface area contributed by atoms with Crippen molar-refractivity contribution >= 4 is 17.4 Å². The summed E-state index contributed by atoms with van der Waals surface area (Å²) in [7, 11) is 0. The van der Waals surface area contributed by atoms with Gasteiger partial charge in [0.15, 0.2) is 17.6 Å². The average molecular weight is 340 g/mol. The zero-order chi connectivity index (χ0) is 16.3. The van der Waals surface area contributed by atoms with Crippen molar-refractivity contribution in [2.75, 3.05) is 26.4 Å². The number of carbonyl (C=O) groups excluding carboxylic acids is 1. The first-order valence-corrected chi connectivity index (χ1v) is 8.51. The number of unbranched alkanes of at least 4 members (excludes halogenated alkanes) is 3. The third kappa shape index (κ3) is 6.24. The maximum absolute atomic E-state index is 11.6. The second kappa shape index (κ2) is 9.79. The van der Waals surface area contributed by atoms with Gasteiger partial charge in [0.1, 0.15) is 19.8 Å². The predicted molar refractivity (Wildman–Crippen MR) is 83.6 cm³/mol. The highest BCUT2D eigenvalue weighted by Gasteiger charge is 2.22. The molecule has 0 bridgehead atoms. The number of amides is 1. The van der Waals surface area contributed by atoms with Gasteiger partial charge in [-0.05, 0) is 19.3 Å². The van der Waals surface area contributed by atoms with Crippen molar-refractivity contribution in [1.82, 2.24) is 5.32 Å². The summed E-state index contributed by atoms with van der Waals surface area (Å²) in [6.45, 7) is 1.56. The third-order valence-electron chi connectivity index (χ3n) is 3.22. The number of hydrogen-bond acceptors (Lipinski definition) is 7. The van der Waals surface area contributed by atoms with Gasteiger partial charge in [-0.25, -0.2) is 4.79 Å². The number of alkyl carbamates (subject to hydrolysis) is 1. The van der Waals surface area contributed by atoms with E-state index in [-0.39, 0.29) is 12.7 Å². The molecule has 23 heavy (non-hydrogen) atoms. The maximum atomic E-state index is 11.6. The Hall–Kier alpha value is -2.14.